The highest BCUT2D eigenvalue weighted by Crippen LogP contribution is 2.25. The van der Waals surface area contributed by atoms with E-state index in [-0.39, 0.29) is 24.3 Å². The Morgan fingerprint density at radius 3 is 2.38 bits per heavy atom. The second-order valence-electron chi connectivity index (χ2n) is 5.63. The van der Waals surface area contributed by atoms with Gasteiger partial charge in [0.15, 0.2) is 0 Å². The van der Waals surface area contributed by atoms with Gasteiger partial charge >= 0.3 is 16.2 Å². The van der Waals surface area contributed by atoms with Crippen LogP contribution in [0.1, 0.15) is 27.2 Å². The molecule has 8 heteroatoms. The summed E-state index contributed by atoms with van der Waals surface area (Å²) >= 11 is 0. The molecular formula is C13H21N3O4S. The van der Waals surface area contributed by atoms with Gasteiger partial charge in [-0.15, -0.1) is 0 Å². The SMILES string of the molecule is CC(C)(C)NS(=O)(=O)N(CCC(=O)O)c1ccccc1N. The molecule has 1 rings (SSSR count). The molecule has 0 unspecified atom stereocenters. The van der Waals surface area contributed by atoms with Crippen molar-refractivity contribution in [2.75, 3.05) is 16.6 Å². The van der Waals surface area contributed by atoms with Gasteiger partial charge in [-0.05, 0) is 32.9 Å². The maximum Gasteiger partial charge on any atom is 0.305 e. The van der Waals surface area contributed by atoms with Crippen LogP contribution in [0.5, 0.6) is 0 Å². The van der Waals surface area contributed by atoms with Crippen molar-refractivity contribution in [2.45, 2.75) is 32.7 Å². The fourth-order valence-corrected chi connectivity index (χ4v) is 3.36. The zero-order chi connectivity index (χ0) is 16.3. The molecule has 0 spiro atoms. The van der Waals surface area contributed by atoms with Crippen LogP contribution in [0.2, 0.25) is 0 Å². The van der Waals surface area contributed by atoms with Crippen LogP contribution in [0, 0.1) is 0 Å². The number of nitrogen functional groups attached to an aromatic ring is 1. The fourth-order valence-electron chi connectivity index (χ4n) is 1.72. The Labute approximate surface area is 124 Å². The lowest BCUT2D eigenvalue weighted by molar-refractivity contribution is -0.136. The van der Waals surface area contributed by atoms with E-state index in [9.17, 15) is 13.2 Å². The molecule has 118 valence electrons. The van der Waals surface area contributed by atoms with Crippen LogP contribution in [0.3, 0.4) is 0 Å². The molecule has 0 aliphatic heterocycles. The molecule has 0 saturated carbocycles. The van der Waals surface area contributed by atoms with Crippen molar-refractivity contribution in [3.8, 4) is 0 Å². The fraction of sp³-hybridized carbons (Fsp3) is 0.462. The summed E-state index contributed by atoms with van der Waals surface area (Å²) in [6.07, 6.45) is -0.320. The predicted molar refractivity (Wildman–Crippen MR) is 82.3 cm³/mol. The number of carboxylic acids is 1. The number of carbonyl (C=O) groups is 1. The monoisotopic (exact) mass is 315 g/mol. The van der Waals surface area contributed by atoms with Gasteiger partial charge in [0.05, 0.1) is 17.8 Å². The van der Waals surface area contributed by atoms with Gasteiger partial charge in [-0.1, -0.05) is 12.1 Å². The molecule has 21 heavy (non-hydrogen) atoms. The summed E-state index contributed by atoms with van der Waals surface area (Å²) < 4.78 is 28.4. The molecule has 0 fully saturated rings. The normalized spacial score (nSPS) is 12.1. The predicted octanol–water partition coefficient (Wildman–Crippen LogP) is 1.18. The van der Waals surface area contributed by atoms with Crippen LogP contribution in [0.4, 0.5) is 11.4 Å². The second kappa shape index (κ2) is 6.31. The molecule has 0 radical (unpaired) electrons. The van der Waals surface area contributed by atoms with Gasteiger partial charge < -0.3 is 10.8 Å². The first-order valence-corrected chi connectivity index (χ1v) is 7.85. The zero-order valence-corrected chi connectivity index (χ0v) is 13.1. The summed E-state index contributed by atoms with van der Waals surface area (Å²) in [7, 11) is -3.91. The Morgan fingerprint density at radius 2 is 1.90 bits per heavy atom. The minimum Gasteiger partial charge on any atom is -0.481 e. The number of nitrogens with zero attached hydrogens (tertiary/aromatic N) is 1. The minimum absolute atomic E-state index is 0.199. The summed E-state index contributed by atoms with van der Waals surface area (Å²) in [4.78, 5) is 10.8. The average Bonchev–Trinajstić information content (AvgIpc) is 2.27. The smallest absolute Gasteiger partial charge is 0.305 e. The van der Waals surface area contributed by atoms with Gasteiger partial charge in [0.1, 0.15) is 0 Å². The number of hydrogen-bond donors (Lipinski definition) is 3. The van der Waals surface area contributed by atoms with E-state index in [4.69, 9.17) is 10.8 Å². The van der Waals surface area contributed by atoms with Gasteiger partial charge in [-0.25, -0.2) is 0 Å². The number of nitrogens with one attached hydrogen (secondary N) is 1. The summed E-state index contributed by atoms with van der Waals surface area (Å²) in [5.74, 6) is -1.08. The van der Waals surface area contributed by atoms with E-state index in [2.05, 4.69) is 4.72 Å². The van der Waals surface area contributed by atoms with Crippen molar-refractivity contribution in [1.29, 1.82) is 0 Å². The van der Waals surface area contributed by atoms with E-state index < -0.39 is 21.7 Å². The van der Waals surface area contributed by atoms with Crippen molar-refractivity contribution in [2.24, 2.45) is 0 Å². The van der Waals surface area contributed by atoms with Crippen LogP contribution in [-0.4, -0.2) is 31.6 Å². The lowest BCUT2D eigenvalue weighted by Gasteiger charge is -2.29. The first kappa shape index (κ1) is 17.3. The van der Waals surface area contributed by atoms with Gasteiger partial charge in [0.2, 0.25) is 0 Å². The van der Waals surface area contributed by atoms with E-state index in [0.717, 1.165) is 4.31 Å². The molecule has 4 N–H and O–H groups in total. The van der Waals surface area contributed by atoms with E-state index in [1.807, 2.05) is 0 Å². The Kier molecular flexibility index (Phi) is 5.19. The molecule has 7 nitrogen and oxygen atoms in total. The number of nitrogens with two attached hydrogens (primary N) is 1. The highest BCUT2D eigenvalue weighted by molar-refractivity contribution is 7.91. The lowest BCUT2D eigenvalue weighted by atomic mass is 10.1. The third kappa shape index (κ3) is 5.24. The number of carboxylic acid groups (broad SMARTS) is 1. The molecule has 0 atom stereocenters. The lowest BCUT2D eigenvalue weighted by Crippen LogP contribution is -2.49. The molecule has 0 bridgehead atoms. The Bertz CT molecular complexity index is 608. The average molecular weight is 315 g/mol. The van der Waals surface area contributed by atoms with Crippen molar-refractivity contribution >= 4 is 27.6 Å². The van der Waals surface area contributed by atoms with Gasteiger partial charge in [-0.3, -0.25) is 9.10 Å². The molecule has 0 saturated heterocycles. The van der Waals surface area contributed by atoms with Crippen molar-refractivity contribution < 1.29 is 18.3 Å². The minimum atomic E-state index is -3.91. The summed E-state index contributed by atoms with van der Waals surface area (Å²) in [5.41, 5.74) is 5.64. The molecule has 0 aliphatic rings. The molecule has 0 heterocycles. The summed E-state index contributed by atoms with van der Waals surface area (Å²) in [6, 6.07) is 6.43. The third-order valence-electron chi connectivity index (χ3n) is 2.46. The standard InChI is InChI=1S/C13H21N3O4S/c1-13(2,3)15-21(19,20)16(9-8-12(17)18)11-7-5-4-6-10(11)14/h4-7,15H,8-9,14H2,1-3H3,(H,17,18). The first-order valence-electron chi connectivity index (χ1n) is 6.41. The van der Waals surface area contributed by atoms with Crippen LogP contribution in [0.15, 0.2) is 24.3 Å². The number of benzene rings is 1. The quantitative estimate of drug-likeness (QED) is 0.682. The number of rotatable bonds is 6. The summed E-state index contributed by atoms with van der Waals surface area (Å²) in [6.45, 7) is 4.91. The van der Waals surface area contributed by atoms with Crippen molar-refractivity contribution in [3.05, 3.63) is 24.3 Å². The molecule has 0 aromatic heterocycles. The van der Waals surface area contributed by atoms with Crippen LogP contribution in [0.25, 0.3) is 0 Å². The Balaban J connectivity index is 3.20. The molecular weight excluding hydrogens is 294 g/mol. The van der Waals surface area contributed by atoms with E-state index in [0.29, 0.717) is 0 Å². The first-order chi connectivity index (χ1) is 9.53. The second-order valence-corrected chi connectivity index (χ2v) is 7.23. The number of hydrogen-bond acceptors (Lipinski definition) is 4. The van der Waals surface area contributed by atoms with Crippen LogP contribution >= 0.6 is 0 Å². The Morgan fingerprint density at radius 1 is 1.33 bits per heavy atom. The Hall–Kier alpha value is -1.80. The largest absolute Gasteiger partial charge is 0.481 e. The molecule has 0 aliphatic carbocycles. The zero-order valence-electron chi connectivity index (χ0n) is 12.3. The van der Waals surface area contributed by atoms with E-state index >= 15 is 0 Å². The van der Waals surface area contributed by atoms with Gasteiger partial charge in [0.25, 0.3) is 0 Å². The van der Waals surface area contributed by atoms with Crippen molar-refractivity contribution in [3.63, 3.8) is 0 Å². The molecule has 1 aromatic rings. The molecule has 0 amide bonds. The maximum atomic E-state index is 12.5. The summed E-state index contributed by atoms with van der Waals surface area (Å²) in [5, 5.41) is 8.80. The van der Waals surface area contributed by atoms with E-state index in [1.54, 1.807) is 45.0 Å². The number of anilines is 2. The number of para-hydroxylation sites is 2. The van der Waals surface area contributed by atoms with Crippen molar-refractivity contribution in [1.82, 2.24) is 4.72 Å². The highest BCUT2D eigenvalue weighted by Gasteiger charge is 2.28. The number of aliphatic carboxylic acids is 1. The van der Waals surface area contributed by atoms with Crippen LogP contribution < -0.4 is 14.8 Å². The molecule has 1 aromatic carbocycles. The van der Waals surface area contributed by atoms with E-state index in [1.165, 1.54) is 0 Å². The maximum absolute atomic E-state index is 12.5. The van der Waals surface area contributed by atoms with Gasteiger partial charge in [-0.2, -0.15) is 13.1 Å². The van der Waals surface area contributed by atoms with Crippen LogP contribution in [-0.2, 0) is 15.0 Å². The topological polar surface area (TPSA) is 113 Å². The highest BCUT2D eigenvalue weighted by atomic mass is 32.2. The van der Waals surface area contributed by atoms with Gasteiger partial charge in [0, 0.05) is 12.1 Å². The third-order valence-corrected chi connectivity index (χ3v) is 4.29.